The molecular weight excluding hydrogens is 268 g/mol. The largest absolute Gasteiger partial charge is 0.219 e. The fraction of sp³-hybridized carbons (Fsp3) is 0.429. The van der Waals surface area contributed by atoms with Gasteiger partial charge in [0.1, 0.15) is 0 Å². The molecule has 18 heavy (non-hydrogen) atoms. The summed E-state index contributed by atoms with van der Waals surface area (Å²) in [5.41, 5.74) is 0. The minimum absolute atomic E-state index is 0.289. The molecule has 0 saturated heterocycles. The molecular formula is C14H19ClO2S. The first-order chi connectivity index (χ1) is 8.56. The number of sulfone groups is 1. The second kappa shape index (κ2) is 7.59. The maximum Gasteiger partial charge on any atom is 0.200 e. The minimum Gasteiger partial charge on any atom is -0.219 e. The zero-order chi connectivity index (χ0) is 13.4. The molecule has 0 amide bonds. The molecule has 1 aromatic carbocycles. The van der Waals surface area contributed by atoms with Crippen molar-refractivity contribution < 1.29 is 8.42 Å². The summed E-state index contributed by atoms with van der Waals surface area (Å²) in [5, 5.41) is 1.59. The van der Waals surface area contributed by atoms with Gasteiger partial charge in [0, 0.05) is 10.4 Å². The highest BCUT2D eigenvalue weighted by atomic mass is 35.5. The number of allylic oxidation sites excluding steroid dienone is 1. The summed E-state index contributed by atoms with van der Waals surface area (Å²) in [6, 6.07) is 8.35. The number of rotatable bonds is 7. The Morgan fingerprint density at radius 2 is 1.83 bits per heavy atom. The SMILES string of the molecule is CCCCCC/C(Cl)=C/S(=O)(=O)c1ccccc1. The van der Waals surface area contributed by atoms with Crippen molar-refractivity contribution in [1.29, 1.82) is 0 Å². The lowest BCUT2D eigenvalue weighted by molar-refractivity contribution is 0.604. The van der Waals surface area contributed by atoms with Crippen molar-refractivity contribution in [2.24, 2.45) is 0 Å². The maximum atomic E-state index is 12.0. The number of hydrogen-bond donors (Lipinski definition) is 0. The first kappa shape index (κ1) is 15.3. The number of benzene rings is 1. The van der Waals surface area contributed by atoms with Gasteiger partial charge in [0.25, 0.3) is 0 Å². The van der Waals surface area contributed by atoms with Gasteiger partial charge in [-0.05, 0) is 25.0 Å². The van der Waals surface area contributed by atoms with E-state index in [1.54, 1.807) is 30.3 Å². The van der Waals surface area contributed by atoms with Gasteiger partial charge in [-0.15, -0.1) is 0 Å². The average molecular weight is 287 g/mol. The molecule has 1 aromatic rings. The molecule has 4 heteroatoms. The van der Waals surface area contributed by atoms with Crippen molar-refractivity contribution in [2.75, 3.05) is 0 Å². The molecule has 0 unspecified atom stereocenters. The van der Waals surface area contributed by atoms with Crippen molar-refractivity contribution in [2.45, 2.75) is 43.9 Å². The molecule has 2 nitrogen and oxygen atoms in total. The third-order valence-electron chi connectivity index (χ3n) is 2.62. The van der Waals surface area contributed by atoms with E-state index in [1.807, 2.05) is 0 Å². The van der Waals surface area contributed by atoms with Crippen LogP contribution in [0.3, 0.4) is 0 Å². The van der Waals surface area contributed by atoms with Crippen LogP contribution in [-0.2, 0) is 9.84 Å². The summed E-state index contributed by atoms with van der Waals surface area (Å²) in [4.78, 5) is 0.289. The summed E-state index contributed by atoms with van der Waals surface area (Å²) in [5.74, 6) is 0. The molecule has 0 N–H and O–H groups in total. The van der Waals surface area contributed by atoms with E-state index in [1.165, 1.54) is 5.41 Å². The predicted octanol–water partition coefficient (Wildman–Crippen LogP) is 4.51. The van der Waals surface area contributed by atoms with Crippen LogP contribution in [0.1, 0.15) is 39.0 Å². The second-order valence-electron chi connectivity index (χ2n) is 4.23. The maximum absolute atomic E-state index is 12.0. The smallest absolute Gasteiger partial charge is 0.200 e. The lowest BCUT2D eigenvalue weighted by Crippen LogP contribution is -1.96. The second-order valence-corrected chi connectivity index (χ2v) is 6.52. The van der Waals surface area contributed by atoms with E-state index in [9.17, 15) is 8.42 Å². The first-order valence-electron chi connectivity index (χ1n) is 6.22. The lowest BCUT2D eigenvalue weighted by Gasteiger charge is -2.01. The molecule has 1 rings (SSSR count). The summed E-state index contributed by atoms with van der Waals surface area (Å²) in [6.45, 7) is 2.14. The van der Waals surface area contributed by atoms with E-state index in [0.29, 0.717) is 11.5 Å². The van der Waals surface area contributed by atoms with Gasteiger partial charge in [-0.2, -0.15) is 0 Å². The zero-order valence-electron chi connectivity index (χ0n) is 10.6. The van der Waals surface area contributed by atoms with Gasteiger partial charge in [0.05, 0.1) is 4.90 Å². The predicted molar refractivity (Wildman–Crippen MR) is 76.3 cm³/mol. The van der Waals surface area contributed by atoms with Gasteiger partial charge < -0.3 is 0 Å². The molecule has 0 spiro atoms. The number of unbranched alkanes of at least 4 members (excludes halogenated alkanes) is 3. The molecule has 0 fully saturated rings. The van der Waals surface area contributed by atoms with Gasteiger partial charge in [0.2, 0.25) is 9.84 Å². The van der Waals surface area contributed by atoms with E-state index in [2.05, 4.69) is 6.92 Å². The molecule has 0 aromatic heterocycles. The fourth-order valence-corrected chi connectivity index (χ4v) is 3.24. The van der Waals surface area contributed by atoms with Crippen molar-refractivity contribution in [3.63, 3.8) is 0 Å². The van der Waals surface area contributed by atoms with Crippen molar-refractivity contribution >= 4 is 21.4 Å². The van der Waals surface area contributed by atoms with E-state index < -0.39 is 9.84 Å². The van der Waals surface area contributed by atoms with Crippen LogP contribution < -0.4 is 0 Å². The number of halogens is 1. The van der Waals surface area contributed by atoms with Crippen LogP contribution in [0.2, 0.25) is 0 Å². The van der Waals surface area contributed by atoms with Crippen LogP contribution in [0, 0.1) is 0 Å². The van der Waals surface area contributed by atoms with Gasteiger partial charge in [-0.3, -0.25) is 0 Å². The Morgan fingerprint density at radius 3 is 2.44 bits per heavy atom. The lowest BCUT2D eigenvalue weighted by atomic mass is 10.1. The standard InChI is InChI=1S/C14H19ClO2S/c1-2-3-4-6-9-13(15)12-18(16,17)14-10-7-5-8-11-14/h5,7-8,10-12H,2-4,6,9H2,1H3/b13-12-. The molecule has 0 radical (unpaired) electrons. The fourth-order valence-electron chi connectivity index (χ4n) is 1.63. The van der Waals surface area contributed by atoms with Crippen molar-refractivity contribution in [3.05, 3.63) is 40.8 Å². The topological polar surface area (TPSA) is 34.1 Å². The van der Waals surface area contributed by atoms with E-state index in [0.717, 1.165) is 25.7 Å². The van der Waals surface area contributed by atoms with Crippen LogP contribution in [0.4, 0.5) is 0 Å². The minimum atomic E-state index is -3.40. The Kier molecular flexibility index (Phi) is 6.44. The van der Waals surface area contributed by atoms with Crippen LogP contribution >= 0.6 is 11.6 Å². The average Bonchev–Trinajstić information content (AvgIpc) is 2.35. The molecule has 100 valence electrons. The summed E-state index contributed by atoms with van der Waals surface area (Å²) in [6.07, 6.45) is 4.98. The van der Waals surface area contributed by atoms with Gasteiger partial charge in [0.15, 0.2) is 0 Å². The van der Waals surface area contributed by atoms with Gasteiger partial charge in [-0.1, -0.05) is 56.0 Å². The van der Waals surface area contributed by atoms with Crippen LogP contribution in [-0.4, -0.2) is 8.42 Å². The number of hydrogen-bond acceptors (Lipinski definition) is 2. The molecule has 0 aliphatic carbocycles. The monoisotopic (exact) mass is 286 g/mol. The molecule has 0 aliphatic rings. The Bertz CT molecular complexity index is 478. The Balaban J connectivity index is 2.64. The Labute approximate surface area is 115 Å². The van der Waals surface area contributed by atoms with Crippen molar-refractivity contribution in [1.82, 2.24) is 0 Å². The molecule has 0 saturated carbocycles. The highest BCUT2D eigenvalue weighted by molar-refractivity contribution is 7.94. The normalized spacial score (nSPS) is 12.7. The zero-order valence-corrected chi connectivity index (χ0v) is 12.2. The van der Waals surface area contributed by atoms with Gasteiger partial charge >= 0.3 is 0 Å². The molecule has 0 bridgehead atoms. The summed E-state index contributed by atoms with van der Waals surface area (Å²) in [7, 11) is -3.40. The van der Waals surface area contributed by atoms with Crippen LogP contribution in [0.25, 0.3) is 0 Å². The van der Waals surface area contributed by atoms with Crippen LogP contribution in [0.5, 0.6) is 0 Å². The van der Waals surface area contributed by atoms with E-state index in [4.69, 9.17) is 11.6 Å². The highest BCUT2D eigenvalue weighted by Gasteiger charge is 2.11. The molecule has 0 heterocycles. The Hall–Kier alpha value is -0.800. The highest BCUT2D eigenvalue weighted by Crippen LogP contribution is 2.19. The van der Waals surface area contributed by atoms with Crippen LogP contribution in [0.15, 0.2) is 45.7 Å². The first-order valence-corrected chi connectivity index (χ1v) is 8.15. The molecule has 0 aliphatic heterocycles. The van der Waals surface area contributed by atoms with E-state index in [-0.39, 0.29) is 4.90 Å². The quantitative estimate of drug-likeness (QED) is 0.691. The van der Waals surface area contributed by atoms with E-state index >= 15 is 0 Å². The van der Waals surface area contributed by atoms with Gasteiger partial charge in [-0.25, -0.2) is 8.42 Å². The Morgan fingerprint density at radius 1 is 1.17 bits per heavy atom. The summed E-state index contributed by atoms with van der Waals surface area (Å²) < 4.78 is 23.9. The third kappa shape index (κ3) is 5.23. The van der Waals surface area contributed by atoms with Crippen molar-refractivity contribution in [3.8, 4) is 0 Å². The summed E-state index contributed by atoms with van der Waals surface area (Å²) >= 11 is 5.98. The third-order valence-corrected chi connectivity index (χ3v) is 4.58. The molecule has 0 atom stereocenters.